The molecule has 0 bridgehead atoms. The Bertz CT molecular complexity index is 1030. The van der Waals surface area contributed by atoms with Crippen molar-refractivity contribution in [3.05, 3.63) is 47.5 Å². The molecule has 2 aliphatic rings. The largest absolute Gasteiger partial charge is 0.493 e. The molecule has 6 nitrogen and oxygen atoms in total. The summed E-state index contributed by atoms with van der Waals surface area (Å²) < 4.78 is 54.4. The first-order chi connectivity index (χ1) is 18.7. The van der Waals surface area contributed by atoms with Gasteiger partial charge in [0.1, 0.15) is 17.1 Å². The van der Waals surface area contributed by atoms with Crippen LogP contribution in [0.1, 0.15) is 50.7 Å². The topological polar surface area (TPSA) is 65.4 Å². The zero-order valence-electron chi connectivity index (χ0n) is 23.3. The first-order valence-corrected chi connectivity index (χ1v) is 14.1. The van der Waals surface area contributed by atoms with Crippen LogP contribution in [-0.4, -0.2) is 84.7 Å². The molecule has 2 heterocycles. The summed E-state index contributed by atoms with van der Waals surface area (Å²) in [7, 11) is 0. The molecule has 2 atom stereocenters. The monoisotopic (exact) mass is 552 g/mol. The first-order valence-electron chi connectivity index (χ1n) is 14.1. The molecule has 0 aromatic heterocycles. The van der Waals surface area contributed by atoms with Crippen LogP contribution in [0.25, 0.3) is 11.1 Å². The lowest BCUT2D eigenvalue weighted by Crippen LogP contribution is -2.24. The van der Waals surface area contributed by atoms with Gasteiger partial charge in [-0.05, 0) is 61.4 Å². The van der Waals surface area contributed by atoms with Crippen LogP contribution in [-0.2, 0) is 6.18 Å². The number of halogens is 3. The van der Waals surface area contributed by atoms with E-state index in [1.165, 1.54) is 12.1 Å². The Morgan fingerprint density at radius 3 is 1.77 bits per heavy atom. The third-order valence-electron chi connectivity index (χ3n) is 7.13. The molecule has 4 rings (SSSR count). The summed E-state index contributed by atoms with van der Waals surface area (Å²) in [5.74, 6) is 0.385. The number of hydrogen-bond acceptors (Lipinski definition) is 6. The van der Waals surface area contributed by atoms with E-state index < -0.39 is 11.7 Å². The third kappa shape index (κ3) is 8.83. The average molecular weight is 553 g/mol. The molecule has 218 valence electrons. The maximum atomic E-state index is 14.3. The minimum Gasteiger partial charge on any atom is -0.493 e. The highest BCUT2D eigenvalue weighted by molar-refractivity contribution is 5.75. The molecule has 9 heteroatoms. The molecular formula is C30H43F3N2O4. The van der Waals surface area contributed by atoms with Gasteiger partial charge in [-0.15, -0.1) is 0 Å². The Morgan fingerprint density at radius 2 is 1.28 bits per heavy atom. The summed E-state index contributed by atoms with van der Waals surface area (Å²) in [6, 6.07) is 9.62. The van der Waals surface area contributed by atoms with Crippen LogP contribution in [0.15, 0.2) is 36.4 Å². The van der Waals surface area contributed by atoms with Gasteiger partial charge in [0.2, 0.25) is 0 Å². The SMILES string of the molecule is CC.Cc1c(OCCCN2CCC(O)C2)cccc1-c1cccc(OCCCN2CCC(O)C2)c1C(F)(F)F. The highest BCUT2D eigenvalue weighted by atomic mass is 19.4. The predicted octanol–water partition coefficient (Wildman–Crippen LogP) is 5.38. The van der Waals surface area contributed by atoms with Crippen molar-refractivity contribution < 1.29 is 32.9 Å². The van der Waals surface area contributed by atoms with E-state index in [2.05, 4.69) is 9.80 Å². The quantitative estimate of drug-likeness (QED) is 0.365. The van der Waals surface area contributed by atoms with Crippen LogP contribution in [0, 0.1) is 6.92 Å². The van der Waals surface area contributed by atoms with E-state index in [0.29, 0.717) is 49.5 Å². The van der Waals surface area contributed by atoms with Crippen molar-refractivity contribution in [2.75, 3.05) is 52.5 Å². The van der Waals surface area contributed by atoms with Crippen molar-refractivity contribution >= 4 is 0 Å². The summed E-state index contributed by atoms with van der Waals surface area (Å²) >= 11 is 0. The summed E-state index contributed by atoms with van der Waals surface area (Å²) in [4.78, 5) is 4.28. The summed E-state index contributed by atoms with van der Waals surface area (Å²) in [6.45, 7) is 10.8. The van der Waals surface area contributed by atoms with Crippen molar-refractivity contribution in [3.8, 4) is 22.6 Å². The molecule has 2 saturated heterocycles. The van der Waals surface area contributed by atoms with E-state index in [1.807, 2.05) is 13.8 Å². The van der Waals surface area contributed by atoms with Crippen LogP contribution in [0.4, 0.5) is 13.2 Å². The molecule has 39 heavy (non-hydrogen) atoms. The van der Waals surface area contributed by atoms with Crippen LogP contribution in [0.3, 0.4) is 0 Å². The number of aliphatic hydroxyl groups is 2. The molecule has 0 aliphatic carbocycles. The van der Waals surface area contributed by atoms with E-state index >= 15 is 0 Å². The molecule has 2 fully saturated rings. The number of ether oxygens (including phenoxy) is 2. The molecular weight excluding hydrogens is 509 g/mol. The predicted molar refractivity (Wildman–Crippen MR) is 147 cm³/mol. The molecule has 0 amide bonds. The van der Waals surface area contributed by atoms with Gasteiger partial charge in [0, 0.05) is 39.3 Å². The van der Waals surface area contributed by atoms with Gasteiger partial charge in [-0.3, -0.25) is 0 Å². The highest BCUT2D eigenvalue weighted by Crippen LogP contribution is 2.44. The molecule has 2 unspecified atom stereocenters. The van der Waals surface area contributed by atoms with E-state index in [9.17, 15) is 23.4 Å². The number of likely N-dealkylation sites (tertiary alicyclic amines) is 2. The molecule has 2 aliphatic heterocycles. The minimum atomic E-state index is -4.59. The van der Waals surface area contributed by atoms with Crippen molar-refractivity contribution in [2.45, 2.75) is 64.8 Å². The maximum absolute atomic E-state index is 14.3. The van der Waals surface area contributed by atoms with Gasteiger partial charge >= 0.3 is 6.18 Å². The van der Waals surface area contributed by atoms with E-state index in [1.54, 1.807) is 31.2 Å². The smallest absolute Gasteiger partial charge is 0.420 e. The summed E-state index contributed by atoms with van der Waals surface area (Å²) in [5, 5.41) is 19.3. The van der Waals surface area contributed by atoms with Crippen LogP contribution in [0.2, 0.25) is 0 Å². The Balaban J connectivity index is 0.00000205. The lowest BCUT2D eigenvalue weighted by atomic mass is 9.94. The Morgan fingerprint density at radius 1 is 0.795 bits per heavy atom. The van der Waals surface area contributed by atoms with Crippen molar-refractivity contribution in [1.82, 2.24) is 9.80 Å². The normalized spacial score (nSPS) is 20.1. The van der Waals surface area contributed by atoms with Gasteiger partial charge in [-0.1, -0.05) is 38.1 Å². The van der Waals surface area contributed by atoms with Crippen LogP contribution < -0.4 is 9.47 Å². The molecule has 2 aromatic carbocycles. The van der Waals surface area contributed by atoms with E-state index in [-0.39, 0.29) is 30.1 Å². The van der Waals surface area contributed by atoms with Gasteiger partial charge in [0.05, 0.1) is 25.4 Å². The van der Waals surface area contributed by atoms with Crippen LogP contribution in [0.5, 0.6) is 11.5 Å². The molecule has 2 aromatic rings. The first kappa shape index (κ1) is 31.2. The van der Waals surface area contributed by atoms with Crippen LogP contribution >= 0.6 is 0 Å². The van der Waals surface area contributed by atoms with Gasteiger partial charge in [-0.25, -0.2) is 0 Å². The fraction of sp³-hybridized carbons (Fsp3) is 0.600. The number of hydrogen-bond donors (Lipinski definition) is 2. The third-order valence-corrected chi connectivity index (χ3v) is 7.13. The van der Waals surface area contributed by atoms with E-state index in [4.69, 9.17) is 9.47 Å². The number of benzene rings is 2. The summed E-state index contributed by atoms with van der Waals surface area (Å²) in [6.07, 6.45) is -2.32. The Labute approximate surface area is 230 Å². The summed E-state index contributed by atoms with van der Waals surface area (Å²) in [5.41, 5.74) is 0.402. The molecule has 2 N–H and O–H groups in total. The fourth-order valence-corrected chi connectivity index (χ4v) is 5.20. The zero-order chi connectivity index (χ0) is 28.4. The second kappa shape index (κ2) is 14.9. The lowest BCUT2D eigenvalue weighted by Gasteiger charge is -2.21. The van der Waals surface area contributed by atoms with Crippen molar-refractivity contribution in [3.63, 3.8) is 0 Å². The van der Waals surface area contributed by atoms with Gasteiger partial charge in [0.25, 0.3) is 0 Å². The Hall–Kier alpha value is -2.33. The number of β-amino-alcohol motifs (C(OH)–C–C–N with tert-alkyl or cyclic N) is 2. The van der Waals surface area contributed by atoms with Crippen molar-refractivity contribution in [2.24, 2.45) is 0 Å². The average Bonchev–Trinajstić information content (AvgIpc) is 3.53. The maximum Gasteiger partial charge on any atom is 0.420 e. The second-order valence-corrected chi connectivity index (χ2v) is 10.00. The molecule has 0 spiro atoms. The standard InChI is InChI=1S/C28H37F3N2O4.C2H6/c1-20-23(6-2-8-25(20)36-16-4-12-32-14-10-21(34)18-32)24-7-3-9-26(27(24)28(29,30)31)37-17-5-13-33-15-11-22(35)19-33;1-2/h2-3,6-9,21-22,34-35H,4-5,10-19H2,1H3;1-2H3. The van der Waals surface area contributed by atoms with E-state index in [0.717, 1.165) is 38.9 Å². The molecule has 0 radical (unpaired) electrons. The number of aliphatic hydroxyl groups excluding tert-OH is 2. The Kier molecular flexibility index (Phi) is 11.9. The number of nitrogens with zero attached hydrogens (tertiary/aromatic N) is 2. The lowest BCUT2D eigenvalue weighted by molar-refractivity contribution is -0.138. The van der Waals surface area contributed by atoms with Gasteiger partial charge in [0.15, 0.2) is 0 Å². The second-order valence-electron chi connectivity index (χ2n) is 10.00. The number of alkyl halides is 3. The highest BCUT2D eigenvalue weighted by Gasteiger charge is 2.38. The zero-order valence-corrected chi connectivity index (χ0v) is 23.3. The molecule has 0 saturated carbocycles. The number of rotatable bonds is 11. The van der Waals surface area contributed by atoms with Gasteiger partial charge < -0.3 is 29.5 Å². The minimum absolute atomic E-state index is 0.0710. The fourth-order valence-electron chi connectivity index (χ4n) is 5.20. The van der Waals surface area contributed by atoms with Gasteiger partial charge in [-0.2, -0.15) is 13.2 Å². The van der Waals surface area contributed by atoms with Crippen molar-refractivity contribution in [1.29, 1.82) is 0 Å².